The molecule has 2 rings (SSSR count). The highest BCUT2D eigenvalue weighted by Gasteiger charge is 2.17. The molecular weight excluding hydrogens is 394 g/mol. The maximum Gasteiger partial charge on any atom is 0.331 e. The number of para-hydroxylation sites is 1. The molecular formula is C22H24ClNO5. The Bertz CT molecular complexity index is 881. The second-order valence-electron chi connectivity index (χ2n) is 5.95. The molecule has 0 aromatic heterocycles. The number of anilines is 1. The van der Waals surface area contributed by atoms with Crippen LogP contribution in [0.2, 0.25) is 5.02 Å². The monoisotopic (exact) mass is 417 g/mol. The van der Waals surface area contributed by atoms with Gasteiger partial charge in [-0.1, -0.05) is 29.8 Å². The molecule has 1 amide bonds. The van der Waals surface area contributed by atoms with Gasteiger partial charge in [-0.3, -0.25) is 4.79 Å². The predicted molar refractivity (Wildman–Crippen MR) is 113 cm³/mol. The standard InChI is InChI=1S/C22H24ClNO5/c1-4-27-19-12-10-16(14-20(19)28-5-2)11-13-21(25)29-15(3)22(26)24-18-9-7-6-8-17(18)23/h6-15H,4-5H2,1-3H3,(H,24,26)/b13-11+/t15-/m1/s1. The lowest BCUT2D eigenvalue weighted by molar-refractivity contribution is -0.148. The van der Waals surface area contributed by atoms with Gasteiger partial charge in [0, 0.05) is 6.08 Å². The van der Waals surface area contributed by atoms with Gasteiger partial charge in [-0.25, -0.2) is 4.79 Å². The van der Waals surface area contributed by atoms with Crippen molar-refractivity contribution in [3.05, 3.63) is 59.1 Å². The fraction of sp³-hybridized carbons (Fsp3) is 0.273. The summed E-state index contributed by atoms with van der Waals surface area (Å²) in [7, 11) is 0. The van der Waals surface area contributed by atoms with E-state index in [1.165, 1.54) is 13.0 Å². The Morgan fingerprint density at radius 1 is 1.07 bits per heavy atom. The quantitative estimate of drug-likeness (QED) is 0.472. The Balaban J connectivity index is 1.97. The molecule has 0 aliphatic heterocycles. The summed E-state index contributed by atoms with van der Waals surface area (Å²) in [5.41, 5.74) is 1.19. The average molecular weight is 418 g/mol. The zero-order chi connectivity index (χ0) is 21.2. The van der Waals surface area contributed by atoms with Gasteiger partial charge < -0.3 is 19.5 Å². The van der Waals surface area contributed by atoms with E-state index in [0.717, 1.165) is 5.56 Å². The molecule has 1 atom stereocenters. The van der Waals surface area contributed by atoms with Crippen LogP contribution in [0, 0.1) is 0 Å². The maximum atomic E-state index is 12.2. The molecule has 29 heavy (non-hydrogen) atoms. The summed E-state index contributed by atoms with van der Waals surface area (Å²) >= 11 is 6.01. The number of carbonyl (C=O) groups is 2. The lowest BCUT2D eigenvalue weighted by atomic mass is 10.2. The van der Waals surface area contributed by atoms with Crippen LogP contribution in [-0.2, 0) is 14.3 Å². The Morgan fingerprint density at radius 3 is 2.45 bits per heavy atom. The van der Waals surface area contributed by atoms with Crippen LogP contribution in [0.4, 0.5) is 5.69 Å². The van der Waals surface area contributed by atoms with Gasteiger partial charge in [0.1, 0.15) is 0 Å². The molecule has 0 fully saturated rings. The highest BCUT2D eigenvalue weighted by Crippen LogP contribution is 2.29. The number of halogens is 1. The van der Waals surface area contributed by atoms with Gasteiger partial charge in [-0.05, 0) is 56.7 Å². The lowest BCUT2D eigenvalue weighted by Crippen LogP contribution is -2.29. The van der Waals surface area contributed by atoms with Crippen molar-refractivity contribution in [2.24, 2.45) is 0 Å². The molecule has 154 valence electrons. The molecule has 0 saturated carbocycles. The van der Waals surface area contributed by atoms with Crippen molar-refractivity contribution in [1.29, 1.82) is 0 Å². The molecule has 0 radical (unpaired) electrons. The Labute approximate surface area is 175 Å². The summed E-state index contributed by atoms with van der Waals surface area (Å²) in [6.45, 7) is 6.28. The van der Waals surface area contributed by atoms with Gasteiger partial charge in [0.25, 0.3) is 5.91 Å². The fourth-order valence-corrected chi connectivity index (χ4v) is 2.58. The molecule has 2 aromatic carbocycles. The van der Waals surface area contributed by atoms with Crippen LogP contribution in [0.3, 0.4) is 0 Å². The van der Waals surface area contributed by atoms with Crippen molar-refractivity contribution >= 4 is 35.2 Å². The van der Waals surface area contributed by atoms with Crippen molar-refractivity contribution < 1.29 is 23.8 Å². The number of esters is 1. The molecule has 0 aliphatic carbocycles. The van der Waals surface area contributed by atoms with Gasteiger partial charge in [0.2, 0.25) is 0 Å². The molecule has 2 aromatic rings. The summed E-state index contributed by atoms with van der Waals surface area (Å²) in [5.74, 6) is 0.120. The van der Waals surface area contributed by atoms with E-state index in [4.69, 9.17) is 25.8 Å². The third-order valence-corrected chi connectivity index (χ3v) is 4.10. The van der Waals surface area contributed by atoms with Crippen molar-refractivity contribution in [1.82, 2.24) is 0 Å². The number of hydrogen-bond donors (Lipinski definition) is 1. The first kappa shape index (κ1) is 22.3. The molecule has 7 heteroatoms. The summed E-state index contributed by atoms with van der Waals surface area (Å²) in [6.07, 6.45) is 1.85. The second kappa shape index (κ2) is 11.1. The van der Waals surface area contributed by atoms with E-state index in [9.17, 15) is 9.59 Å². The first-order chi connectivity index (χ1) is 13.9. The average Bonchev–Trinajstić information content (AvgIpc) is 2.70. The number of carbonyl (C=O) groups excluding carboxylic acids is 2. The maximum absolute atomic E-state index is 12.2. The van der Waals surface area contributed by atoms with Gasteiger partial charge >= 0.3 is 5.97 Å². The zero-order valence-electron chi connectivity index (χ0n) is 16.6. The van der Waals surface area contributed by atoms with Crippen LogP contribution < -0.4 is 14.8 Å². The van der Waals surface area contributed by atoms with E-state index in [0.29, 0.717) is 35.4 Å². The minimum absolute atomic E-state index is 0.403. The summed E-state index contributed by atoms with van der Waals surface area (Å²) in [5, 5.41) is 3.03. The van der Waals surface area contributed by atoms with Crippen molar-refractivity contribution in [3.63, 3.8) is 0 Å². The minimum Gasteiger partial charge on any atom is -0.490 e. The topological polar surface area (TPSA) is 73.9 Å². The van der Waals surface area contributed by atoms with E-state index >= 15 is 0 Å². The fourth-order valence-electron chi connectivity index (χ4n) is 2.40. The number of rotatable bonds is 9. The molecule has 0 heterocycles. The van der Waals surface area contributed by atoms with Crippen LogP contribution in [-0.4, -0.2) is 31.2 Å². The number of ether oxygens (including phenoxy) is 3. The minimum atomic E-state index is -0.984. The van der Waals surface area contributed by atoms with Crippen molar-refractivity contribution in [2.45, 2.75) is 26.9 Å². The van der Waals surface area contributed by atoms with Gasteiger partial charge in [-0.2, -0.15) is 0 Å². The number of nitrogens with one attached hydrogen (secondary N) is 1. The SMILES string of the molecule is CCOc1ccc(/C=C/C(=O)O[C@H](C)C(=O)Nc2ccccc2Cl)cc1OCC. The Hall–Kier alpha value is -2.99. The highest BCUT2D eigenvalue weighted by molar-refractivity contribution is 6.33. The first-order valence-corrected chi connectivity index (χ1v) is 9.66. The predicted octanol–water partition coefficient (Wildman–Crippen LogP) is 4.72. The van der Waals surface area contributed by atoms with Crippen molar-refractivity contribution in [2.75, 3.05) is 18.5 Å². The van der Waals surface area contributed by atoms with Crippen LogP contribution in [0.1, 0.15) is 26.3 Å². The molecule has 0 saturated heterocycles. The molecule has 0 bridgehead atoms. The van der Waals surface area contributed by atoms with Crippen LogP contribution in [0.5, 0.6) is 11.5 Å². The third-order valence-electron chi connectivity index (χ3n) is 3.77. The van der Waals surface area contributed by atoms with E-state index in [1.807, 2.05) is 13.8 Å². The summed E-state index contributed by atoms with van der Waals surface area (Å²) in [4.78, 5) is 24.2. The molecule has 0 aliphatic rings. The number of amides is 1. The summed E-state index contributed by atoms with van der Waals surface area (Å²) in [6, 6.07) is 12.2. The van der Waals surface area contributed by atoms with Crippen LogP contribution in [0.15, 0.2) is 48.5 Å². The van der Waals surface area contributed by atoms with Gasteiger partial charge in [0.15, 0.2) is 17.6 Å². The van der Waals surface area contributed by atoms with Gasteiger partial charge in [0.05, 0.1) is 23.9 Å². The Kier molecular flexibility index (Phi) is 8.55. The highest BCUT2D eigenvalue weighted by atomic mass is 35.5. The smallest absolute Gasteiger partial charge is 0.331 e. The third kappa shape index (κ3) is 6.84. The zero-order valence-corrected chi connectivity index (χ0v) is 17.4. The van der Waals surface area contributed by atoms with E-state index in [-0.39, 0.29) is 0 Å². The number of benzene rings is 2. The molecule has 6 nitrogen and oxygen atoms in total. The molecule has 0 spiro atoms. The van der Waals surface area contributed by atoms with Gasteiger partial charge in [-0.15, -0.1) is 0 Å². The number of hydrogen-bond acceptors (Lipinski definition) is 5. The van der Waals surface area contributed by atoms with Crippen molar-refractivity contribution in [3.8, 4) is 11.5 Å². The molecule has 1 N–H and O–H groups in total. The Morgan fingerprint density at radius 2 is 1.76 bits per heavy atom. The van der Waals surface area contributed by atoms with E-state index in [2.05, 4.69) is 5.32 Å². The largest absolute Gasteiger partial charge is 0.490 e. The van der Waals surface area contributed by atoms with Crippen LogP contribution >= 0.6 is 11.6 Å². The second-order valence-corrected chi connectivity index (χ2v) is 6.36. The molecule has 0 unspecified atom stereocenters. The van der Waals surface area contributed by atoms with E-state index in [1.54, 1.807) is 48.5 Å². The summed E-state index contributed by atoms with van der Waals surface area (Å²) < 4.78 is 16.2. The van der Waals surface area contributed by atoms with E-state index < -0.39 is 18.0 Å². The normalized spacial score (nSPS) is 11.7. The first-order valence-electron chi connectivity index (χ1n) is 9.28. The lowest BCUT2D eigenvalue weighted by Gasteiger charge is -2.13. The van der Waals surface area contributed by atoms with Crippen LogP contribution in [0.25, 0.3) is 6.08 Å².